The average molecular weight is 290 g/mol. The van der Waals surface area contributed by atoms with Crippen LogP contribution in [0.5, 0.6) is 11.5 Å². The molecule has 0 aliphatic heterocycles. The molecule has 0 saturated heterocycles. The fraction of sp³-hybridized carbons (Fsp3) is 0.188. The first-order valence-corrected chi connectivity index (χ1v) is 6.39. The molecule has 0 spiro atoms. The highest BCUT2D eigenvalue weighted by molar-refractivity contribution is 5.67. The Bertz CT molecular complexity index is 623. The van der Waals surface area contributed by atoms with Crippen molar-refractivity contribution in [1.29, 1.82) is 0 Å². The molecule has 0 aliphatic rings. The van der Waals surface area contributed by atoms with Crippen molar-refractivity contribution in [3.8, 4) is 22.6 Å². The predicted octanol–water partition coefficient (Wildman–Crippen LogP) is 3.35. The van der Waals surface area contributed by atoms with Gasteiger partial charge in [-0.15, -0.1) is 0 Å². The fourth-order valence-corrected chi connectivity index (χ4v) is 1.88. The van der Waals surface area contributed by atoms with E-state index in [1.807, 2.05) is 0 Å². The number of benzene rings is 2. The lowest BCUT2D eigenvalue weighted by Gasteiger charge is -2.09. The summed E-state index contributed by atoms with van der Waals surface area (Å²) < 4.78 is 24.4. The second kappa shape index (κ2) is 6.74. The molecule has 2 aromatic carbocycles. The molecule has 0 unspecified atom stereocenters. The van der Waals surface area contributed by atoms with Crippen molar-refractivity contribution >= 4 is 5.97 Å². The van der Waals surface area contributed by atoms with Gasteiger partial charge in [0.1, 0.15) is 5.75 Å². The number of hydrogen-bond donors (Lipinski definition) is 1. The number of hydrogen-bond acceptors (Lipinski definition) is 3. The summed E-state index contributed by atoms with van der Waals surface area (Å²) in [5.41, 5.74) is 1.13. The topological polar surface area (TPSA) is 55.8 Å². The molecule has 0 radical (unpaired) electrons. The highest BCUT2D eigenvalue weighted by Gasteiger charge is 2.10. The number of carboxylic acids is 1. The zero-order valence-electron chi connectivity index (χ0n) is 11.5. The highest BCUT2D eigenvalue weighted by atomic mass is 19.1. The van der Waals surface area contributed by atoms with Gasteiger partial charge in [0.15, 0.2) is 11.6 Å². The zero-order chi connectivity index (χ0) is 15.2. The van der Waals surface area contributed by atoms with Gasteiger partial charge in [-0.2, -0.15) is 0 Å². The summed E-state index contributed by atoms with van der Waals surface area (Å²) in [5, 5.41) is 8.53. The van der Waals surface area contributed by atoms with Crippen LogP contribution in [0.25, 0.3) is 11.1 Å². The van der Waals surface area contributed by atoms with Gasteiger partial charge in [-0.25, -0.2) is 4.39 Å². The van der Waals surface area contributed by atoms with Gasteiger partial charge in [0.25, 0.3) is 0 Å². The Morgan fingerprint density at radius 3 is 2.52 bits per heavy atom. The summed E-state index contributed by atoms with van der Waals surface area (Å²) in [7, 11) is 1.42. The Balaban J connectivity index is 2.14. The molecule has 21 heavy (non-hydrogen) atoms. The minimum absolute atomic E-state index is 0.0632. The number of aliphatic carboxylic acids is 1. The summed E-state index contributed by atoms with van der Waals surface area (Å²) >= 11 is 0. The van der Waals surface area contributed by atoms with Gasteiger partial charge >= 0.3 is 5.97 Å². The van der Waals surface area contributed by atoms with Crippen LogP contribution >= 0.6 is 0 Å². The lowest BCUT2D eigenvalue weighted by atomic mass is 10.0. The Labute approximate surface area is 121 Å². The van der Waals surface area contributed by atoms with Crippen molar-refractivity contribution in [2.24, 2.45) is 0 Å². The molecule has 0 atom stereocenters. The molecule has 0 heterocycles. The summed E-state index contributed by atoms with van der Waals surface area (Å²) in [6.07, 6.45) is -0.0632. The third kappa shape index (κ3) is 3.72. The van der Waals surface area contributed by atoms with Crippen molar-refractivity contribution in [2.75, 3.05) is 13.7 Å². The van der Waals surface area contributed by atoms with E-state index < -0.39 is 11.8 Å². The van der Waals surface area contributed by atoms with Gasteiger partial charge in [-0.05, 0) is 23.8 Å². The third-order valence-corrected chi connectivity index (χ3v) is 2.93. The second-order valence-electron chi connectivity index (χ2n) is 4.34. The van der Waals surface area contributed by atoms with E-state index in [0.29, 0.717) is 16.9 Å². The first-order chi connectivity index (χ1) is 10.1. The van der Waals surface area contributed by atoms with Gasteiger partial charge in [-0.3, -0.25) is 4.79 Å². The van der Waals surface area contributed by atoms with Crippen molar-refractivity contribution < 1.29 is 23.8 Å². The van der Waals surface area contributed by atoms with Crippen LogP contribution in [0, 0.1) is 5.82 Å². The van der Waals surface area contributed by atoms with E-state index in [0.717, 1.165) is 0 Å². The Morgan fingerprint density at radius 2 is 1.90 bits per heavy atom. The van der Waals surface area contributed by atoms with E-state index in [-0.39, 0.29) is 18.8 Å². The Kier molecular flexibility index (Phi) is 4.77. The van der Waals surface area contributed by atoms with Crippen LogP contribution in [0.3, 0.4) is 0 Å². The second-order valence-corrected chi connectivity index (χ2v) is 4.34. The van der Waals surface area contributed by atoms with Crippen molar-refractivity contribution in [1.82, 2.24) is 0 Å². The van der Waals surface area contributed by atoms with Crippen LogP contribution in [-0.2, 0) is 4.79 Å². The average Bonchev–Trinajstić information content (AvgIpc) is 2.48. The lowest BCUT2D eigenvalue weighted by Crippen LogP contribution is -2.04. The molecule has 1 N–H and O–H groups in total. The van der Waals surface area contributed by atoms with E-state index in [4.69, 9.17) is 14.6 Å². The molecule has 2 rings (SSSR count). The fourth-order valence-electron chi connectivity index (χ4n) is 1.88. The molecule has 0 aliphatic carbocycles. The van der Waals surface area contributed by atoms with E-state index in [9.17, 15) is 9.18 Å². The molecular formula is C16H15FO4. The van der Waals surface area contributed by atoms with Crippen LogP contribution in [-0.4, -0.2) is 24.8 Å². The van der Waals surface area contributed by atoms with E-state index >= 15 is 0 Å². The molecule has 4 nitrogen and oxygen atoms in total. The molecule has 0 saturated carbocycles. The molecule has 5 heteroatoms. The predicted molar refractivity (Wildman–Crippen MR) is 76.1 cm³/mol. The van der Waals surface area contributed by atoms with Crippen molar-refractivity contribution in [3.63, 3.8) is 0 Å². The minimum Gasteiger partial charge on any atom is -0.494 e. The number of carbonyl (C=O) groups is 1. The standard InChI is InChI=1S/C16H15FO4/c1-20-14-4-2-3-13(16(14)17)11-5-7-12(8-6-11)21-10-9-15(18)19/h2-8H,9-10H2,1H3,(H,18,19). The summed E-state index contributed by atoms with van der Waals surface area (Å²) in [5.74, 6) is -0.595. The number of carboxylic acid groups (broad SMARTS) is 1. The molecule has 0 amide bonds. The minimum atomic E-state index is -0.912. The molecule has 0 fully saturated rings. The molecule has 0 aromatic heterocycles. The summed E-state index contributed by atoms with van der Waals surface area (Å²) in [6, 6.07) is 11.7. The van der Waals surface area contributed by atoms with E-state index in [2.05, 4.69) is 0 Å². The monoisotopic (exact) mass is 290 g/mol. The van der Waals surface area contributed by atoms with Crippen molar-refractivity contribution in [3.05, 3.63) is 48.3 Å². The first-order valence-electron chi connectivity index (χ1n) is 6.39. The number of methoxy groups -OCH3 is 1. The quantitative estimate of drug-likeness (QED) is 0.886. The Morgan fingerprint density at radius 1 is 1.19 bits per heavy atom. The van der Waals surface area contributed by atoms with Gasteiger partial charge < -0.3 is 14.6 Å². The largest absolute Gasteiger partial charge is 0.494 e. The van der Waals surface area contributed by atoms with Gasteiger partial charge in [0, 0.05) is 5.56 Å². The number of halogens is 1. The highest BCUT2D eigenvalue weighted by Crippen LogP contribution is 2.29. The van der Waals surface area contributed by atoms with Gasteiger partial charge in [-0.1, -0.05) is 24.3 Å². The summed E-state index contributed by atoms with van der Waals surface area (Å²) in [6.45, 7) is 0.0994. The van der Waals surface area contributed by atoms with E-state index in [1.165, 1.54) is 7.11 Å². The van der Waals surface area contributed by atoms with E-state index in [1.54, 1.807) is 42.5 Å². The van der Waals surface area contributed by atoms with Crippen LogP contribution in [0.4, 0.5) is 4.39 Å². The smallest absolute Gasteiger partial charge is 0.306 e. The molecule has 110 valence electrons. The summed E-state index contributed by atoms with van der Waals surface area (Å²) in [4.78, 5) is 10.4. The molecule has 0 bridgehead atoms. The maximum absolute atomic E-state index is 14.1. The van der Waals surface area contributed by atoms with Crippen LogP contribution in [0.15, 0.2) is 42.5 Å². The number of rotatable bonds is 6. The Hall–Kier alpha value is -2.56. The van der Waals surface area contributed by atoms with Gasteiger partial charge in [0.05, 0.1) is 20.1 Å². The van der Waals surface area contributed by atoms with Crippen LogP contribution in [0.1, 0.15) is 6.42 Å². The first kappa shape index (κ1) is 14.8. The van der Waals surface area contributed by atoms with Crippen molar-refractivity contribution in [2.45, 2.75) is 6.42 Å². The third-order valence-electron chi connectivity index (χ3n) is 2.93. The molecule has 2 aromatic rings. The normalized spacial score (nSPS) is 10.2. The maximum atomic E-state index is 14.1. The lowest BCUT2D eigenvalue weighted by molar-refractivity contribution is -0.137. The zero-order valence-corrected chi connectivity index (χ0v) is 11.5. The maximum Gasteiger partial charge on any atom is 0.306 e. The van der Waals surface area contributed by atoms with Crippen LogP contribution < -0.4 is 9.47 Å². The molecular weight excluding hydrogens is 275 g/mol. The SMILES string of the molecule is COc1cccc(-c2ccc(OCCC(=O)O)cc2)c1F. The van der Waals surface area contributed by atoms with Crippen LogP contribution in [0.2, 0.25) is 0 Å². The number of ether oxygens (including phenoxy) is 2. The van der Waals surface area contributed by atoms with Gasteiger partial charge in [0.2, 0.25) is 0 Å².